The molecule has 0 radical (unpaired) electrons. The molecule has 0 unspecified atom stereocenters. The van der Waals surface area contributed by atoms with Crippen molar-refractivity contribution in [2.45, 2.75) is 13.8 Å². The highest BCUT2D eigenvalue weighted by Gasteiger charge is 2.17. The third kappa shape index (κ3) is 2.88. The van der Waals surface area contributed by atoms with E-state index in [0.717, 1.165) is 0 Å². The highest BCUT2D eigenvalue weighted by molar-refractivity contribution is 5.92. The summed E-state index contributed by atoms with van der Waals surface area (Å²) in [6.07, 6.45) is 0. The van der Waals surface area contributed by atoms with E-state index in [9.17, 15) is 14.3 Å². The highest BCUT2D eigenvalue weighted by atomic mass is 19.1. The molecule has 0 saturated heterocycles. The van der Waals surface area contributed by atoms with Gasteiger partial charge in [-0.15, -0.1) is 0 Å². The number of hydrogen-bond donors (Lipinski definition) is 1. The smallest absolute Gasteiger partial charge is 0.341 e. The summed E-state index contributed by atoms with van der Waals surface area (Å²) in [7, 11) is 0. The molecule has 0 atom stereocenters. The Kier molecular flexibility index (Phi) is 3.46. The first kappa shape index (κ1) is 13.0. The van der Waals surface area contributed by atoms with Crippen LogP contribution in [-0.4, -0.2) is 16.1 Å². The van der Waals surface area contributed by atoms with Crippen LogP contribution in [0.25, 0.3) is 0 Å². The Bertz CT molecular complexity index is 623. The Balaban J connectivity index is 2.44. The minimum Gasteiger partial charge on any atom is -0.477 e. The van der Waals surface area contributed by atoms with E-state index in [1.54, 1.807) is 19.9 Å². The summed E-state index contributed by atoms with van der Waals surface area (Å²) in [6.45, 7) is 3.42. The van der Waals surface area contributed by atoms with Crippen molar-refractivity contribution in [3.63, 3.8) is 0 Å². The molecule has 0 spiro atoms. The predicted molar refractivity (Wildman–Crippen MR) is 67.1 cm³/mol. The van der Waals surface area contributed by atoms with E-state index < -0.39 is 5.97 Å². The number of halogens is 1. The van der Waals surface area contributed by atoms with Gasteiger partial charge in [0.2, 0.25) is 5.88 Å². The van der Waals surface area contributed by atoms with Gasteiger partial charge in [-0.3, -0.25) is 0 Å². The average molecular weight is 261 g/mol. The Morgan fingerprint density at radius 3 is 2.47 bits per heavy atom. The molecule has 5 heteroatoms. The summed E-state index contributed by atoms with van der Waals surface area (Å²) in [4.78, 5) is 15.3. The molecule has 2 aromatic rings. The van der Waals surface area contributed by atoms with Gasteiger partial charge in [0.05, 0.1) is 0 Å². The highest BCUT2D eigenvalue weighted by Crippen LogP contribution is 2.26. The van der Waals surface area contributed by atoms with Crippen molar-refractivity contribution in [2.75, 3.05) is 0 Å². The Morgan fingerprint density at radius 1 is 1.26 bits per heavy atom. The van der Waals surface area contributed by atoms with Crippen molar-refractivity contribution in [3.05, 3.63) is 53.0 Å². The minimum atomic E-state index is -1.11. The van der Waals surface area contributed by atoms with E-state index in [0.29, 0.717) is 17.0 Å². The van der Waals surface area contributed by atoms with Gasteiger partial charge in [0.1, 0.15) is 17.1 Å². The van der Waals surface area contributed by atoms with Crippen molar-refractivity contribution in [3.8, 4) is 11.6 Å². The summed E-state index contributed by atoms with van der Waals surface area (Å²) in [5.41, 5.74) is 1.23. The van der Waals surface area contributed by atoms with Gasteiger partial charge in [-0.05, 0) is 49.7 Å². The van der Waals surface area contributed by atoms with Gasteiger partial charge in [-0.1, -0.05) is 0 Å². The summed E-state index contributed by atoms with van der Waals surface area (Å²) >= 11 is 0. The molecule has 4 nitrogen and oxygen atoms in total. The Hall–Kier alpha value is -2.43. The maximum absolute atomic E-state index is 12.8. The van der Waals surface area contributed by atoms with E-state index in [2.05, 4.69) is 4.98 Å². The second kappa shape index (κ2) is 5.06. The van der Waals surface area contributed by atoms with Gasteiger partial charge < -0.3 is 9.84 Å². The minimum absolute atomic E-state index is 0.00919. The largest absolute Gasteiger partial charge is 0.477 e. The van der Waals surface area contributed by atoms with Gasteiger partial charge >= 0.3 is 5.97 Å². The lowest BCUT2D eigenvalue weighted by Gasteiger charge is -2.10. The normalized spacial score (nSPS) is 10.3. The lowest BCUT2D eigenvalue weighted by atomic mass is 10.1. The van der Waals surface area contributed by atoms with Crippen molar-refractivity contribution >= 4 is 5.97 Å². The molecule has 1 aromatic carbocycles. The van der Waals surface area contributed by atoms with Crippen LogP contribution >= 0.6 is 0 Å². The number of carboxylic acid groups (broad SMARTS) is 1. The molecule has 1 heterocycles. The van der Waals surface area contributed by atoms with E-state index in [1.807, 2.05) is 0 Å². The quantitative estimate of drug-likeness (QED) is 0.920. The topological polar surface area (TPSA) is 59.4 Å². The maximum atomic E-state index is 12.8. The zero-order chi connectivity index (χ0) is 14.0. The number of carbonyl (C=O) groups is 1. The molecule has 19 heavy (non-hydrogen) atoms. The number of carboxylic acids is 1. The van der Waals surface area contributed by atoms with Crippen LogP contribution in [0, 0.1) is 19.7 Å². The molecule has 0 aliphatic rings. The first-order valence-corrected chi connectivity index (χ1v) is 5.62. The van der Waals surface area contributed by atoms with Crippen LogP contribution in [0.3, 0.4) is 0 Å². The number of ether oxygens (including phenoxy) is 1. The third-order valence-electron chi connectivity index (χ3n) is 2.55. The fourth-order valence-electron chi connectivity index (χ4n) is 1.75. The monoisotopic (exact) mass is 261 g/mol. The van der Waals surface area contributed by atoms with Gasteiger partial charge in [0, 0.05) is 5.69 Å². The van der Waals surface area contributed by atoms with Crippen molar-refractivity contribution in [2.24, 2.45) is 0 Å². The molecule has 2 rings (SSSR count). The molecule has 0 fully saturated rings. The van der Waals surface area contributed by atoms with E-state index in [4.69, 9.17) is 4.74 Å². The van der Waals surface area contributed by atoms with Crippen LogP contribution < -0.4 is 4.74 Å². The second-order valence-electron chi connectivity index (χ2n) is 4.12. The van der Waals surface area contributed by atoms with Crippen molar-refractivity contribution < 1.29 is 19.0 Å². The zero-order valence-corrected chi connectivity index (χ0v) is 10.5. The lowest BCUT2D eigenvalue weighted by Crippen LogP contribution is -2.06. The Morgan fingerprint density at radius 2 is 1.89 bits per heavy atom. The number of aryl methyl sites for hydroxylation is 2. The van der Waals surface area contributed by atoms with E-state index in [1.165, 1.54) is 24.3 Å². The summed E-state index contributed by atoms with van der Waals surface area (Å²) in [6, 6.07) is 6.97. The number of benzene rings is 1. The molecule has 0 amide bonds. The number of hydrogen-bond acceptors (Lipinski definition) is 3. The van der Waals surface area contributed by atoms with Gasteiger partial charge in [-0.25, -0.2) is 14.2 Å². The van der Waals surface area contributed by atoms with Crippen LogP contribution in [0.1, 0.15) is 21.6 Å². The standard InChI is InChI=1S/C14H12FNO3/c1-8-7-9(2)16-13(12(8)14(17)18)19-11-5-3-10(15)4-6-11/h3-7H,1-2H3,(H,17,18). The van der Waals surface area contributed by atoms with Gasteiger partial charge in [0.25, 0.3) is 0 Å². The molecule has 1 N–H and O–H groups in total. The average Bonchev–Trinajstić information content (AvgIpc) is 2.30. The molecule has 0 bridgehead atoms. The number of aromatic carboxylic acids is 1. The first-order valence-electron chi connectivity index (χ1n) is 5.62. The summed E-state index contributed by atoms with van der Waals surface area (Å²) < 4.78 is 18.2. The van der Waals surface area contributed by atoms with Crippen LogP contribution in [0.15, 0.2) is 30.3 Å². The number of pyridine rings is 1. The summed E-state index contributed by atoms with van der Waals surface area (Å²) in [5.74, 6) is -1.15. The zero-order valence-electron chi connectivity index (χ0n) is 10.5. The fraction of sp³-hybridized carbons (Fsp3) is 0.143. The van der Waals surface area contributed by atoms with Gasteiger partial charge in [0.15, 0.2) is 0 Å². The lowest BCUT2D eigenvalue weighted by molar-refractivity contribution is 0.0692. The van der Waals surface area contributed by atoms with E-state index in [-0.39, 0.29) is 17.3 Å². The molecule has 1 aromatic heterocycles. The molecule has 0 aliphatic carbocycles. The first-order chi connectivity index (χ1) is 8.97. The molecular formula is C14H12FNO3. The van der Waals surface area contributed by atoms with Crippen LogP contribution in [-0.2, 0) is 0 Å². The molecule has 0 aliphatic heterocycles. The molecule has 98 valence electrons. The number of rotatable bonds is 3. The second-order valence-corrected chi connectivity index (χ2v) is 4.12. The van der Waals surface area contributed by atoms with Crippen molar-refractivity contribution in [1.82, 2.24) is 4.98 Å². The van der Waals surface area contributed by atoms with E-state index >= 15 is 0 Å². The fourth-order valence-corrected chi connectivity index (χ4v) is 1.75. The molecule has 0 saturated carbocycles. The van der Waals surface area contributed by atoms with Crippen LogP contribution in [0.5, 0.6) is 11.6 Å². The number of nitrogens with zero attached hydrogens (tertiary/aromatic N) is 1. The SMILES string of the molecule is Cc1cc(C)c(C(=O)O)c(Oc2ccc(F)cc2)n1. The van der Waals surface area contributed by atoms with Crippen LogP contribution in [0.4, 0.5) is 4.39 Å². The van der Waals surface area contributed by atoms with Gasteiger partial charge in [-0.2, -0.15) is 0 Å². The van der Waals surface area contributed by atoms with Crippen molar-refractivity contribution in [1.29, 1.82) is 0 Å². The summed E-state index contributed by atoms with van der Waals surface area (Å²) in [5, 5.41) is 9.18. The molecular weight excluding hydrogens is 249 g/mol. The number of aromatic nitrogens is 1. The Labute approximate surface area is 109 Å². The predicted octanol–water partition coefficient (Wildman–Crippen LogP) is 3.33. The van der Waals surface area contributed by atoms with Crippen LogP contribution in [0.2, 0.25) is 0 Å². The third-order valence-corrected chi connectivity index (χ3v) is 2.55. The maximum Gasteiger partial charge on any atom is 0.341 e.